The van der Waals surface area contributed by atoms with E-state index in [1.807, 2.05) is 0 Å². The molecule has 0 spiro atoms. The van der Waals surface area contributed by atoms with E-state index in [0.717, 1.165) is 0 Å². The van der Waals surface area contributed by atoms with Crippen LogP contribution in [0, 0.1) is 0 Å². The van der Waals surface area contributed by atoms with Gasteiger partial charge in [0.25, 0.3) is 0 Å². The van der Waals surface area contributed by atoms with Crippen LogP contribution < -0.4 is 5.73 Å². The van der Waals surface area contributed by atoms with Crippen LogP contribution >= 0.6 is 12.2 Å². The Hall–Kier alpha value is -0.150. The molecular weight excluding hydrogens is 110 g/mol. The SMILES string of the molecule is CC(=S)OCCN. The second-order valence-electron chi connectivity index (χ2n) is 1.13. The molecule has 0 saturated carbocycles. The van der Waals surface area contributed by atoms with Crippen molar-refractivity contribution in [3.8, 4) is 0 Å². The molecule has 0 amide bonds. The molecule has 0 bridgehead atoms. The van der Waals surface area contributed by atoms with Gasteiger partial charge in [0.2, 0.25) is 0 Å². The molecule has 2 nitrogen and oxygen atoms in total. The third-order valence-electron chi connectivity index (χ3n) is 0.423. The molecule has 42 valence electrons. The average Bonchev–Trinajstić information content (AvgIpc) is 1.61. The number of rotatable bonds is 2. The molecule has 0 aliphatic rings. The molecule has 0 aliphatic carbocycles. The molecule has 0 aromatic rings. The fourth-order valence-electron chi connectivity index (χ4n) is 0.203. The second kappa shape index (κ2) is 4.02. The van der Waals surface area contributed by atoms with E-state index < -0.39 is 0 Å². The normalized spacial score (nSPS) is 8.29. The number of thiocarbonyl (C=S) groups is 1. The summed E-state index contributed by atoms with van der Waals surface area (Å²) >= 11 is 4.58. The lowest BCUT2D eigenvalue weighted by atomic mass is 10.7. The van der Waals surface area contributed by atoms with Crippen molar-refractivity contribution < 1.29 is 4.74 Å². The zero-order chi connectivity index (χ0) is 5.70. The smallest absolute Gasteiger partial charge is 0.156 e. The second-order valence-corrected chi connectivity index (χ2v) is 1.70. The Morgan fingerprint density at radius 1 is 1.86 bits per heavy atom. The van der Waals surface area contributed by atoms with Gasteiger partial charge in [-0.15, -0.1) is 0 Å². The summed E-state index contributed by atoms with van der Waals surface area (Å²) in [6, 6.07) is 0. The molecule has 0 aromatic heterocycles. The predicted molar refractivity (Wildman–Crippen MR) is 33.3 cm³/mol. The first-order chi connectivity index (χ1) is 3.27. The maximum atomic E-state index is 5.09. The standard InChI is InChI=1S/C4H9NOS/c1-4(7)6-3-2-5/h2-3,5H2,1H3. The highest BCUT2D eigenvalue weighted by Gasteiger charge is 1.81. The minimum Gasteiger partial charge on any atom is -0.486 e. The van der Waals surface area contributed by atoms with Crippen LogP contribution in [0.3, 0.4) is 0 Å². The van der Waals surface area contributed by atoms with Crippen molar-refractivity contribution in [2.75, 3.05) is 13.2 Å². The molecule has 0 atom stereocenters. The van der Waals surface area contributed by atoms with Gasteiger partial charge < -0.3 is 10.5 Å². The Kier molecular flexibility index (Phi) is 3.93. The van der Waals surface area contributed by atoms with Gasteiger partial charge >= 0.3 is 0 Å². The van der Waals surface area contributed by atoms with E-state index in [1.54, 1.807) is 6.92 Å². The van der Waals surface area contributed by atoms with Gasteiger partial charge in [-0.1, -0.05) is 0 Å². The minimum atomic E-state index is 0.536. The van der Waals surface area contributed by atoms with Gasteiger partial charge in [0, 0.05) is 13.5 Å². The molecule has 2 N–H and O–H groups in total. The summed E-state index contributed by atoms with van der Waals surface area (Å²) in [7, 11) is 0. The van der Waals surface area contributed by atoms with E-state index in [4.69, 9.17) is 10.5 Å². The zero-order valence-electron chi connectivity index (χ0n) is 4.31. The van der Waals surface area contributed by atoms with Crippen LogP contribution in [-0.2, 0) is 4.74 Å². The van der Waals surface area contributed by atoms with Crippen molar-refractivity contribution in [1.29, 1.82) is 0 Å². The Bertz CT molecular complexity index is 64.7. The van der Waals surface area contributed by atoms with Crippen molar-refractivity contribution >= 4 is 17.3 Å². The van der Waals surface area contributed by atoms with Crippen LogP contribution in [-0.4, -0.2) is 18.2 Å². The van der Waals surface area contributed by atoms with Gasteiger partial charge in [-0.05, 0) is 12.2 Å². The van der Waals surface area contributed by atoms with Crippen molar-refractivity contribution in [1.82, 2.24) is 0 Å². The van der Waals surface area contributed by atoms with E-state index >= 15 is 0 Å². The third kappa shape index (κ3) is 5.85. The Morgan fingerprint density at radius 3 is 2.57 bits per heavy atom. The number of hydrogen-bond acceptors (Lipinski definition) is 3. The number of nitrogens with two attached hydrogens (primary N) is 1. The molecule has 0 radical (unpaired) electrons. The maximum absolute atomic E-state index is 5.09. The first-order valence-corrected chi connectivity index (χ1v) is 2.51. The lowest BCUT2D eigenvalue weighted by Gasteiger charge is -1.97. The fraction of sp³-hybridized carbons (Fsp3) is 0.750. The van der Waals surface area contributed by atoms with Crippen molar-refractivity contribution in [3.05, 3.63) is 0 Å². The van der Waals surface area contributed by atoms with Crippen molar-refractivity contribution in [2.24, 2.45) is 5.73 Å². The monoisotopic (exact) mass is 119 g/mol. The summed E-state index contributed by atoms with van der Waals surface area (Å²) in [5, 5.41) is 0.561. The summed E-state index contributed by atoms with van der Waals surface area (Å²) in [6.45, 7) is 2.80. The summed E-state index contributed by atoms with van der Waals surface area (Å²) in [5.74, 6) is 0. The van der Waals surface area contributed by atoms with Gasteiger partial charge in [0.05, 0.1) is 0 Å². The highest BCUT2D eigenvalue weighted by Crippen LogP contribution is 1.75. The van der Waals surface area contributed by atoms with Crippen LogP contribution in [0.25, 0.3) is 0 Å². The molecular formula is C4H9NOS. The number of hydrogen-bond donors (Lipinski definition) is 1. The zero-order valence-corrected chi connectivity index (χ0v) is 5.12. The van der Waals surface area contributed by atoms with E-state index in [-0.39, 0.29) is 0 Å². The largest absolute Gasteiger partial charge is 0.486 e. The van der Waals surface area contributed by atoms with Gasteiger partial charge in [-0.25, -0.2) is 0 Å². The molecule has 3 heteroatoms. The summed E-state index contributed by atoms with van der Waals surface area (Å²) < 4.78 is 4.80. The fourth-order valence-corrected chi connectivity index (χ4v) is 0.286. The van der Waals surface area contributed by atoms with Crippen LogP contribution in [0.1, 0.15) is 6.92 Å². The van der Waals surface area contributed by atoms with E-state index in [2.05, 4.69) is 12.2 Å². The average molecular weight is 119 g/mol. The van der Waals surface area contributed by atoms with Gasteiger partial charge in [0.1, 0.15) is 6.61 Å². The van der Waals surface area contributed by atoms with Crippen LogP contribution in [0.15, 0.2) is 0 Å². The van der Waals surface area contributed by atoms with E-state index in [0.29, 0.717) is 18.2 Å². The summed E-state index contributed by atoms with van der Waals surface area (Å²) in [6.07, 6.45) is 0. The molecule has 0 heterocycles. The Labute approximate surface area is 48.6 Å². The first kappa shape index (κ1) is 6.85. The molecule has 0 fully saturated rings. The lowest BCUT2D eigenvalue weighted by Crippen LogP contribution is -2.09. The highest BCUT2D eigenvalue weighted by atomic mass is 32.1. The molecule has 0 rings (SSSR count). The predicted octanol–water partition coefficient (Wildman–Crippen LogP) is 0.309. The van der Waals surface area contributed by atoms with Crippen LogP contribution in [0.5, 0.6) is 0 Å². The molecule has 0 saturated heterocycles. The quantitative estimate of drug-likeness (QED) is 0.531. The minimum absolute atomic E-state index is 0.536. The Balaban J connectivity index is 2.82. The van der Waals surface area contributed by atoms with E-state index in [1.165, 1.54) is 0 Å². The Morgan fingerprint density at radius 2 is 2.43 bits per heavy atom. The van der Waals surface area contributed by atoms with Gasteiger partial charge in [-0.3, -0.25) is 0 Å². The highest BCUT2D eigenvalue weighted by molar-refractivity contribution is 7.80. The maximum Gasteiger partial charge on any atom is 0.156 e. The van der Waals surface area contributed by atoms with Gasteiger partial charge in [-0.2, -0.15) is 0 Å². The summed E-state index contributed by atoms with van der Waals surface area (Å²) in [5.41, 5.74) is 5.09. The van der Waals surface area contributed by atoms with Crippen molar-refractivity contribution in [3.63, 3.8) is 0 Å². The number of ether oxygens (including phenoxy) is 1. The third-order valence-corrected chi connectivity index (χ3v) is 0.541. The molecule has 0 aromatic carbocycles. The van der Waals surface area contributed by atoms with Crippen LogP contribution in [0.2, 0.25) is 0 Å². The molecule has 0 unspecified atom stereocenters. The molecule has 7 heavy (non-hydrogen) atoms. The van der Waals surface area contributed by atoms with E-state index in [9.17, 15) is 0 Å². The molecule has 0 aliphatic heterocycles. The van der Waals surface area contributed by atoms with Crippen molar-refractivity contribution in [2.45, 2.75) is 6.92 Å². The first-order valence-electron chi connectivity index (χ1n) is 2.11. The summed E-state index contributed by atoms with van der Waals surface area (Å²) in [4.78, 5) is 0. The van der Waals surface area contributed by atoms with Crippen LogP contribution in [0.4, 0.5) is 0 Å². The van der Waals surface area contributed by atoms with Gasteiger partial charge in [0.15, 0.2) is 5.05 Å². The topological polar surface area (TPSA) is 35.2 Å². The lowest BCUT2D eigenvalue weighted by molar-refractivity contribution is 0.322.